The third-order valence-electron chi connectivity index (χ3n) is 6.33. The highest BCUT2D eigenvalue weighted by Crippen LogP contribution is 2.50. The fraction of sp³-hybridized carbons (Fsp3) is 0.478. The van der Waals surface area contributed by atoms with E-state index in [1.165, 1.54) is 29.7 Å². The van der Waals surface area contributed by atoms with E-state index >= 15 is 0 Å². The zero-order chi connectivity index (χ0) is 19.3. The molecule has 0 spiro atoms. The summed E-state index contributed by atoms with van der Waals surface area (Å²) >= 11 is 0. The van der Waals surface area contributed by atoms with Crippen LogP contribution in [0, 0.1) is 5.92 Å². The average Bonchev–Trinajstić information content (AvgIpc) is 3.38. The van der Waals surface area contributed by atoms with Gasteiger partial charge in [-0.05, 0) is 36.6 Å². The van der Waals surface area contributed by atoms with Gasteiger partial charge >= 0.3 is 0 Å². The molecular formula is C23H28N2O3. The highest BCUT2D eigenvalue weighted by Gasteiger charge is 2.41. The molecule has 0 amide bonds. The highest BCUT2D eigenvalue weighted by molar-refractivity contribution is 5.57. The largest absolute Gasteiger partial charge is 0.474 e. The molecule has 3 aliphatic heterocycles. The zero-order valence-electron chi connectivity index (χ0n) is 16.9. The molecule has 28 heavy (non-hydrogen) atoms. The summed E-state index contributed by atoms with van der Waals surface area (Å²) in [5.74, 6) is 3.15. The molecule has 0 aromatic heterocycles. The SMILES string of the molecule is C[C@@H]1[C@@H](c2ccc(N(C)C)cc2)c2cc3c(cc2O[C@@H]1N1CCCC1)OCO3. The van der Waals surface area contributed by atoms with Gasteiger partial charge in [-0.3, -0.25) is 4.90 Å². The summed E-state index contributed by atoms with van der Waals surface area (Å²) in [6.45, 7) is 4.83. The van der Waals surface area contributed by atoms with E-state index in [1.807, 2.05) is 6.07 Å². The van der Waals surface area contributed by atoms with Crippen molar-refractivity contribution in [2.75, 3.05) is 38.9 Å². The number of hydrogen-bond acceptors (Lipinski definition) is 5. The number of rotatable bonds is 3. The first-order valence-corrected chi connectivity index (χ1v) is 10.2. The van der Waals surface area contributed by atoms with Crippen LogP contribution in [0.15, 0.2) is 36.4 Å². The Hall–Kier alpha value is -2.40. The van der Waals surface area contributed by atoms with Crippen LogP contribution in [0.4, 0.5) is 5.69 Å². The lowest BCUT2D eigenvalue weighted by atomic mass is 9.78. The molecule has 2 aromatic carbocycles. The Bertz CT molecular complexity index is 859. The van der Waals surface area contributed by atoms with Crippen LogP contribution in [0.1, 0.15) is 36.8 Å². The van der Waals surface area contributed by atoms with Crippen LogP contribution in [0.25, 0.3) is 0 Å². The van der Waals surface area contributed by atoms with Crippen LogP contribution in [0.2, 0.25) is 0 Å². The second kappa shape index (κ2) is 6.89. The lowest BCUT2D eigenvalue weighted by molar-refractivity contribution is -0.0177. The van der Waals surface area contributed by atoms with Crippen LogP contribution in [0.5, 0.6) is 17.2 Å². The number of benzene rings is 2. The molecule has 0 bridgehead atoms. The Morgan fingerprint density at radius 2 is 1.61 bits per heavy atom. The molecule has 148 valence electrons. The predicted octanol–water partition coefficient (Wildman–Crippen LogP) is 4.06. The molecular weight excluding hydrogens is 352 g/mol. The van der Waals surface area contributed by atoms with Gasteiger partial charge in [-0.15, -0.1) is 0 Å². The maximum atomic E-state index is 6.55. The van der Waals surface area contributed by atoms with Gasteiger partial charge < -0.3 is 19.1 Å². The fourth-order valence-electron chi connectivity index (χ4n) is 4.84. The first-order chi connectivity index (χ1) is 13.6. The van der Waals surface area contributed by atoms with Crippen molar-refractivity contribution in [3.63, 3.8) is 0 Å². The van der Waals surface area contributed by atoms with Crippen molar-refractivity contribution in [2.45, 2.75) is 31.9 Å². The minimum atomic E-state index is 0.0916. The standard InChI is InChI=1S/C23H28N2O3/c1-15-22(16-6-8-17(9-7-16)24(2)3)18-12-20-21(27-14-26-20)13-19(18)28-23(15)25-10-4-5-11-25/h6-9,12-13,15,22-23H,4-5,10-11,14H2,1-3H3/t15-,22+,23+/m1/s1. The van der Waals surface area contributed by atoms with Crippen molar-refractivity contribution in [3.05, 3.63) is 47.5 Å². The summed E-state index contributed by atoms with van der Waals surface area (Å²) in [5.41, 5.74) is 3.74. The second-order valence-electron chi connectivity index (χ2n) is 8.32. The minimum absolute atomic E-state index is 0.0916. The van der Waals surface area contributed by atoms with Crippen molar-refractivity contribution in [2.24, 2.45) is 5.92 Å². The lowest BCUT2D eigenvalue weighted by Gasteiger charge is -2.42. The first-order valence-electron chi connectivity index (χ1n) is 10.2. The number of anilines is 1. The molecule has 0 saturated carbocycles. The van der Waals surface area contributed by atoms with Crippen LogP contribution in [0.3, 0.4) is 0 Å². The Labute approximate surface area is 166 Å². The van der Waals surface area contributed by atoms with E-state index in [2.05, 4.69) is 61.2 Å². The Balaban J connectivity index is 1.58. The van der Waals surface area contributed by atoms with E-state index in [0.717, 1.165) is 30.3 Å². The smallest absolute Gasteiger partial charge is 0.231 e. The van der Waals surface area contributed by atoms with Crippen LogP contribution in [-0.2, 0) is 0 Å². The summed E-state index contributed by atoms with van der Waals surface area (Å²) in [4.78, 5) is 4.63. The van der Waals surface area contributed by atoms with Gasteiger partial charge in [-0.1, -0.05) is 19.1 Å². The summed E-state index contributed by atoms with van der Waals surface area (Å²) in [7, 11) is 4.15. The van der Waals surface area contributed by atoms with Gasteiger partial charge in [0.25, 0.3) is 0 Å². The predicted molar refractivity (Wildman–Crippen MR) is 110 cm³/mol. The van der Waals surface area contributed by atoms with E-state index < -0.39 is 0 Å². The van der Waals surface area contributed by atoms with Crippen LogP contribution < -0.4 is 19.1 Å². The molecule has 3 aliphatic rings. The highest BCUT2D eigenvalue weighted by atomic mass is 16.7. The zero-order valence-corrected chi connectivity index (χ0v) is 16.9. The summed E-state index contributed by atoms with van der Waals surface area (Å²) in [5, 5.41) is 0. The number of fused-ring (bicyclic) bond motifs is 2. The van der Waals surface area contributed by atoms with Gasteiger partial charge in [0.05, 0.1) is 0 Å². The Morgan fingerprint density at radius 3 is 2.29 bits per heavy atom. The van der Waals surface area contributed by atoms with E-state index in [1.54, 1.807) is 0 Å². The summed E-state index contributed by atoms with van der Waals surface area (Å²) in [6, 6.07) is 13.1. The molecule has 0 unspecified atom stereocenters. The summed E-state index contributed by atoms with van der Waals surface area (Å²) < 4.78 is 17.8. The topological polar surface area (TPSA) is 34.2 Å². The van der Waals surface area contributed by atoms with Gasteiger partial charge in [0.2, 0.25) is 6.79 Å². The van der Waals surface area contributed by atoms with Gasteiger partial charge in [0.1, 0.15) is 5.75 Å². The maximum absolute atomic E-state index is 6.55. The van der Waals surface area contributed by atoms with Crippen LogP contribution in [-0.4, -0.2) is 45.1 Å². The maximum Gasteiger partial charge on any atom is 0.231 e. The van der Waals surface area contributed by atoms with E-state index in [9.17, 15) is 0 Å². The van der Waals surface area contributed by atoms with Gasteiger partial charge in [0, 0.05) is 56.3 Å². The van der Waals surface area contributed by atoms with Crippen molar-refractivity contribution < 1.29 is 14.2 Å². The molecule has 3 heterocycles. The van der Waals surface area contributed by atoms with Gasteiger partial charge in [-0.2, -0.15) is 0 Å². The second-order valence-corrected chi connectivity index (χ2v) is 8.32. The van der Waals surface area contributed by atoms with E-state index in [0.29, 0.717) is 5.92 Å². The molecule has 1 saturated heterocycles. The number of ether oxygens (including phenoxy) is 3. The Morgan fingerprint density at radius 1 is 0.929 bits per heavy atom. The van der Waals surface area contributed by atoms with E-state index in [-0.39, 0.29) is 18.9 Å². The van der Waals surface area contributed by atoms with Crippen molar-refractivity contribution >= 4 is 5.69 Å². The normalized spacial score (nSPS) is 26.0. The van der Waals surface area contributed by atoms with Crippen molar-refractivity contribution in [3.8, 4) is 17.2 Å². The number of hydrogen-bond donors (Lipinski definition) is 0. The molecule has 0 aliphatic carbocycles. The third kappa shape index (κ3) is 2.89. The minimum Gasteiger partial charge on any atom is -0.474 e. The van der Waals surface area contributed by atoms with Crippen molar-refractivity contribution in [1.82, 2.24) is 4.90 Å². The summed E-state index contributed by atoms with van der Waals surface area (Å²) in [6.07, 6.45) is 2.60. The van der Waals surface area contributed by atoms with E-state index in [4.69, 9.17) is 14.2 Å². The van der Waals surface area contributed by atoms with Gasteiger partial charge in [0.15, 0.2) is 17.7 Å². The van der Waals surface area contributed by atoms with Gasteiger partial charge in [-0.25, -0.2) is 0 Å². The lowest BCUT2D eigenvalue weighted by Crippen LogP contribution is -2.46. The molecule has 1 fully saturated rings. The quantitative estimate of drug-likeness (QED) is 0.802. The molecule has 0 N–H and O–H groups in total. The monoisotopic (exact) mass is 380 g/mol. The molecule has 2 aromatic rings. The molecule has 5 heteroatoms. The molecule has 5 rings (SSSR count). The Kier molecular flexibility index (Phi) is 4.35. The number of nitrogens with zero attached hydrogens (tertiary/aromatic N) is 2. The fourth-order valence-corrected chi connectivity index (χ4v) is 4.84. The van der Waals surface area contributed by atoms with Crippen LogP contribution >= 0.6 is 0 Å². The molecule has 3 atom stereocenters. The number of likely N-dealkylation sites (tertiary alicyclic amines) is 1. The first kappa shape index (κ1) is 17.7. The average molecular weight is 380 g/mol. The molecule has 5 nitrogen and oxygen atoms in total. The molecule has 0 radical (unpaired) electrons. The van der Waals surface area contributed by atoms with Crippen molar-refractivity contribution in [1.29, 1.82) is 0 Å². The third-order valence-corrected chi connectivity index (χ3v) is 6.33.